The highest BCUT2D eigenvalue weighted by molar-refractivity contribution is 4.98. The van der Waals surface area contributed by atoms with Crippen molar-refractivity contribution < 1.29 is 4.74 Å². The standard InChI is InChI=1S/C8H14N2O/c1-8(2,3)11-7-9-5-6-10(7)4/h5-6H,1-4H3. The molecule has 62 valence electrons. The quantitative estimate of drug-likeness (QED) is 0.614. The van der Waals surface area contributed by atoms with Crippen LogP contribution in [0.25, 0.3) is 0 Å². The number of hydrogen-bond acceptors (Lipinski definition) is 2. The molecule has 0 aliphatic carbocycles. The van der Waals surface area contributed by atoms with Crippen molar-refractivity contribution in [3.63, 3.8) is 0 Å². The number of ether oxygens (including phenoxy) is 1. The van der Waals surface area contributed by atoms with E-state index in [1.807, 2.05) is 38.6 Å². The Balaban J connectivity index is 2.72. The van der Waals surface area contributed by atoms with Gasteiger partial charge in [0.25, 0.3) is 6.01 Å². The molecule has 0 atom stereocenters. The summed E-state index contributed by atoms with van der Waals surface area (Å²) in [5, 5.41) is 0. The lowest BCUT2D eigenvalue weighted by atomic mass is 10.2. The average Bonchev–Trinajstić information content (AvgIpc) is 2.12. The summed E-state index contributed by atoms with van der Waals surface area (Å²) < 4.78 is 7.38. The second-order valence-corrected chi connectivity index (χ2v) is 3.54. The molecule has 11 heavy (non-hydrogen) atoms. The molecule has 0 bridgehead atoms. The first-order valence-corrected chi connectivity index (χ1v) is 3.65. The minimum Gasteiger partial charge on any atom is -0.459 e. The summed E-state index contributed by atoms with van der Waals surface area (Å²) in [6.07, 6.45) is 3.59. The van der Waals surface area contributed by atoms with E-state index in [1.54, 1.807) is 6.20 Å². The molecule has 0 fully saturated rings. The van der Waals surface area contributed by atoms with Gasteiger partial charge in [-0.2, -0.15) is 0 Å². The van der Waals surface area contributed by atoms with Crippen LogP contribution >= 0.6 is 0 Å². The molecule has 0 amide bonds. The third-order valence-corrected chi connectivity index (χ3v) is 1.17. The second-order valence-electron chi connectivity index (χ2n) is 3.54. The molecule has 0 N–H and O–H groups in total. The molecule has 0 saturated carbocycles. The first kappa shape index (κ1) is 8.11. The minimum atomic E-state index is -0.168. The van der Waals surface area contributed by atoms with Crippen molar-refractivity contribution in [1.82, 2.24) is 9.55 Å². The molecule has 1 rings (SSSR count). The van der Waals surface area contributed by atoms with E-state index < -0.39 is 0 Å². The van der Waals surface area contributed by atoms with Gasteiger partial charge in [0.05, 0.1) is 0 Å². The highest BCUT2D eigenvalue weighted by atomic mass is 16.5. The summed E-state index contributed by atoms with van der Waals surface area (Å²) in [4.78, 5) is 4.04. The van der Waals surface area contributed by atoms with Crippen LogP contribution in [0.4, 0.5) is 0 Å². The Kier molecular flexibility index (Phi) is 1.89. The number of aryl methyl sites for hydroxylation is 1. The van der Waals surface area contributed by atoms with Gasteiger partial charge in [0, 0.05) is 19.4 Å². The molecule has 0 radical (unpaired) electrons. The average molecular weight is 154 g/mol. The van der Waals surface area contributed by atoms with Crippen LogP contribution in [0.3, 0.4) is 0 Å². The fourth-order valence-corrected chi connectivity index (χ4v) is 0.724. The number of hydrogen-bond donors (Lipinski definition) is 0. The Morgan fingerprint density at radius 1 is 1.45 bits per heavy atom. The maximum atomic E-state index is 5.52. The molecule has 1 heterocycles. The van der Waals surface area contributed by atoms with Gasteiger partial charge in [-0.3, -0.25) is 0 Å². The van der Waals surface area contributed by atoms with Gasteiger partial charge >= 0.3 is 0 Å². The normalized spacial score (nSPS) is 11.6. The molecule has 1 aromatic rings. The van der Waals surface area contributed by atoms with Crippen LogP contribution in [-0.4, -0.2) is 15.2 Å². The van der Waals surface area contributed by atoms with Gasteiger partial charge in [-0.15, -0.1) is 0 Å². The van der Waals surface area contributed by atoms with Gasteiger partial charge in [0.2, 0.25) is 0 Å². The van der Waals surface area contributed by atoms with Crippen molar-refractivity contribution in [3.8, 4) is 6.01 Å². The zero-order chi connectivity index (χ0) is 8.48. The molecular formula is C8H14N2O. The van der Waals surface area contributed by atoms with Crippen LogP contribution in [0.1, 0.15) is 20.8 Å². The molecule has 1 aromatic heterocycles. The summed E-state index contributed by atoms with van der Waals surface area (Å²) in [5.41, 5.74) is -0.168. The topological polar surface area (TPSA) is 27.1 Å². The van der Waals surface area contributed by atoms with E-state index in [2.05, 4.69) is 4.98 Å². The van der Waals surface area contributed by atoms with E-state index in [4.69, 9.17) is 4.74 Å². The lowest BCUT2D eigenvalue weighted by molar-refractivity contribution is 0.112. The maximum Gasteiger partial charge on any atom is 0.296 e. The van der Waals surface area contributed by atoms with Crippen LogP contribution in [0.5, 0.6) is 6.01 Å². The van der Waals surface area contributed by atoms with Crippen molar-refractivity contribution >= 4 is 0 Å². The Hall–Kier alpha value is -0.990. The molecule has 3 nitrogen and oxygen atoms in total. The third kappa shape index (κ3) is 2.26. The van der Waals surface area contributed by atoms with Gasteiger partial charge in [0.15, 0.2) is 0 Å². The Morgan fingerprint density at radius 3 is 2.45 bits per heavy atom. The van der Waals surface area contributed by atoms with E-state index >= 15 is 0 Å². The van der Waals surface area contributed by atoms with Crippen molar-refractivity contribution in [2.75, 3.05) is 0 Å². The summed E-state index contributed by atoms with van der Waals surface area (Å²) in [5.74, 6) is 0. The number of imidazole rings is 1. The van der Waals surface area contributed by atoms with Crippen molar-refractivity contribution in [2.24, 2.45) is 7.05 Å². The second kappa shape index (κ2) is 2.57. The smallest absolute Gasteiger partial charge is 0.296 e. The molecule has 0 aromatic carbocycles. The Morgan fingerprint density at radius 2 is 2.09 bits per heavy atom. The van der Waals surface area contributed by atoms with E-state index in [9.17, 15) is 0 Å². The van der Waals surface area contributed by atoms with E-state index in [1.165, 1.54) is 0 Å². The first-order valence-electron chi connectivity index (χ1n) is 3.65. The van der Waals surface area contributed by atoms with Gasteiger partial charge in [-0.1, -0.05) is 0 Å². The summed E-state index contributed by atoms with van der Waals surface area (Å²) >= 11 is 0. The number of aromatic nitrogens is 2. The SMILES string of the molecule is Cn1ccnc1OC(C)(C)C. The molecule has 0 spiro atoms. The van der Waals surface area contributed by atoms with Crippen LogP contribution in [0, 0.1) is 0 Å². The highest BCUT2D eigenvalue weighted by Gasteiger charge is 2.13. The largest absolute Gasteiger partial charge is 0.459 e. The van der Waals surface area contributed by atoms with Gasteiger partial charge in [-0.25, -0.2) is 4.98 Å². The first-order chi connectivity index (χ1) is 4.99. The predicted octanol–water partition coefficient (Wildman–Crippen LogP) is 1.60. The summed E-state index contributed by atoms with van der Waals surface area (Å²) in [6, 6.07) is 0.664. The maximum absolute atomic E-state index is 5.52. The fourth-order valence-electron chi connectivity index (χ4n) is 0.724. The van der Waals surface area contributed by atoms with Crippen molar-refractivity contribution in [1.29, 1.82) is 0 Å². The van der Waals surface area contributed by atoms with Crippen LogP contribution in [0.15, 0.2) is 12.4 Å². The van der Waals surface area contributed by atoms with E-state index in [0.29, 0.717) is 6.01 Å². The van der Waals surface area contributed by atoms with Crippen molar-refractivity contribution in [3.05, 3.63) is 12.4 Å². The zero-order valence-electron chi connectivity index (χ0n) is 7.46. The number of nitrogens with zero attached hydrogens (tertiary/aromatic N) is 2. The minimum absolute atomic E-state index is 0.168. The molecule has 0 unspecified atom stereocenters. The lowest BCUT2D eigenvalue weighted by Gasteiger charge is -2.19. The van der Waals surface area contributed by atoms with Gasteiger partial charge < -0.3 is 9.30 Å². The van der Waals surface area contributed by atoms with Crippen LogP contribution in [-0.2, 0) is 7.05 Å². The van der Waals surface area contributed by atoms with E-state index in [0.717, 1.165) is 0 Å². The Labute approximate surface area is 67.0 Å². The van der Waals surface area contributed by atoms with E-state index in [-0.39, 0.29) is 5.60 Å². The van der Waals surface area contributed by atoms with Crippen LogP contribution in [0.2, 0.25) is 0 Å². The predicted molar refractivity (Wildman–Crippen MR) is 43.6 cm³/mol. The molecule has 0 aliphatic rings. The summed E-state index contributed by atoms with van der Waals surface area (Å²) in [7, 11) is 1.91. The van der Waals surface area contributed by atoms with Crippen molar-refractivity contribution in [2.45, 2.75) is 26.4 Å². The molecule has 0 saturated heterocycles. The molecule has 0 aliphatic heterocycles. The molecule has 3 heteroatoms. The van der Waals surface area contributed by atoms with Gasteiger partial charge in [0.1, 0.15) is 5.60 Å². The summed E-state index contributed by atoms with van der Waals surface area (Å²) in [6.45, 7) is 6.00. The third-order valence-electron chi connectivity index (χ3n) is 1.17. The monoisotopic (exact) mass is 154 g/mol. The highest BCUT2D eigenvalue weighted by Crippen LogP contribution is 2.13. The Bertz CT molecular complexity index is 234. The lowest BCUT2D eigenvalue weighted by Crippen LogP contribution is -2.24. The number of rotatable bonds is 1. The zero-order valence-corrected chi connectivity index (χ0v) is 7.46. The van der Waals surface area contributed by atoms with Gasteiger partial charge in [-0.05, 0) is 20.8 Å². The van der Waals surface area contributed by atoms with Crippen LogP contribution < -0.4 is 4.74 Å². The fraction of sp³-hybridized carbons (Fsp3) is 0.625. The molecular weight excluding hydrogens is 140 g/mol.